The van der Waals surface area contributed by atoms with E-state index in [-0.39, 0.29) is 0 Å². The van der Waals surface area contributed by atoms with Gasteiger partial charge in [-0.05, 0) is 31.0 Å². The Balaban J connectivity index is 1.36. The number of pyridine rings is 1. The van der Waals surface area contributed by atoms with Crippen LogP contribution >= 0.6 is 11.3 Å². The molecule has 3 aliphatic heterocycles. The van der Waals surface area contributed by atoms with Gasteiger partial charge in [-0.2, -0.15) is 0 Å². The fourth-order valence-electron chi connectivity index (χ4n) is 4.49. The monoisotopic (exact) mass is 387 g/mol. The van der Waals surface area contributed by atoms with Crippen LogP contribution in [0.15, 0.2) is 48.5 Å². The summed E-state index contributed by atoms with van der Waals surface area (Å²) >= 11 is 1.71. The van der Waals surface area contributed by atoms with Crippen LogP contribution in [0.3, 0.4) is 0 Å². The molecular formula is C22H21N5S. The fraction of sp³-hybridized carbons (Fsp3) is 0.318. The molecule has 2 aromatic heterocycles. The smallest absolute Gasteiger partial charge is 0.208 e. The zero-order valence-corrected chi connectivity index (χ0v) is 16.4. The average molecular weight is 388 g/mol. The van der Waals surface area contributed by atoms with Gasteiger partial charge in [0.05, 0.1) is 11.0 Å². The van der Waals surface area contributed by atoms with Crippen LogP contribution < -0.4 is 4.90 Å². The maximum Gasteiger partial charge on any atom is 0.208 e. The van der Waals surface area contributed by atoms with Gasteiger partial charge in [-0.3, -0.25) is 0 Å². The normalized spacial score (nSPS) is 22.1. The molecule has 2 aromatic carbocycles. The van der Waals surface area contributed by atoms with E-state index in [0.29, 0.717) is 6.04 Å². The van der Waals surface area contributed by atoms with Crippen molar-refractivity contribution in [3.8, 4) is 10.6 Å². The quantitative estimate of drug-likeness (QED) is 0.483. The molecular weight excluding hydrogens is 366 g/mol. The topological polar surface area (TPSA) is 45.2 Å². The minimum absolute atomic E-state index is 0.615. The summed E-state index contributed by atoms with van der Waals surface area (Å²) in [6.45, 7) is 4.64. The van der Waals surface area contributed by atoms with Gasteiger partial charge in [0, 0.05) is 48.6 Å². The highest BCUT2D eigenvalue weighted by molar-refractivity contribution is 7.18. The minimum Gasteiger partial charge on any atom is -0.342 e. The maximum atomic E-state index is 4.84. The summed E-state index contributed by atoms with van der Waals surface area (Å²) in [6.07, 6.45) is 2.48. The third-order valence-electron chi connectivity index (χ3n) is 6.08. The molecule has 0 saturated carbocycles. The van der Waals surface area contributed by atoms with Crippen molar-refractivity contribution in [2.75, 3.05) is 31.1 Å². The SMILES string of the molecule is c1ccc2nc3cc(-c4nnc(N5CCN6CCC5CC6)s4)ccc3cc2c1. The molecule has 5 heterocycles. The summed E-state index contributed by atoms with van der Waals surface area (Å²) in [5.41, 5.74) is 3.14. The number of nitrogens with zero attached hydrogens (tertiary/aromatic N) is 5. The predicted molar refractivity (Wildman–Crippen MR) is 115 cm³/mol. The van der Waals surface area contributed by atoms with Gasteiger partial charge >= 0.3 is 0 Å². The Morgan fingerprint density at radius 2 is 1.68 bits per heavy atom. The summed E-state index contributed by atoms with van der Waals surface area (Å²) in [4.78, 5) is 9.90. The molecule has 0 radical (unpaired) electrons. The number of benzene rings is 2. The fourth-order valence-corrected chi connectivity index (χ4v) is 5.43. The average Bonchev–Trinajstić information content (AvgIpc) is 3.04. The minimum atomic E-state index is 0.615. The third-order valence-corrected chi connectivity index (χ3v) is 7.09. The van der Waals surface area contributed by atoms with Crippen LogP contribution in [0.2, 0.25) is 0 Å². The van der Waals surface area contributed by atoms with E-state index in [1.807, 2.05) is 6.07 Å². The highest BCUT2D eigenvalue weighted by atomic mass is 32.1. The number of piperidine rings is 1. The summed E-state index contributed by atoms with van der Waals surface area (Å²) in [5, 5.41) is 13.5. The van der Waals surface area contributed by atoms with E-state index in [1.165, 1.54) is 31.3 Å². The largest absolute Gasteiger partial charge is 0.342 e. The Morgan fingerprint density at radius 1 is 0.821 bits per heavy atom. The van der Waals surface area contributed by atoms with Crippen LogP contribution in [0.25, 0.3) is 32.4 Å². The van der Waals surface area contributed by atoms with Gasteiger partial charge in [-0.1, -0.05) is 41.7 Å². The maximum absolute atomic E-state index is 4.84. The Morgan fingerprint density at radius 3 is 2.61 bits per heavy atom. The zero-order chi connectivity index (χ0) is 18.5. The van der Waals surface area contributed by atoms with Gasteiger partial charge in [-0.15, -0.1) is 10.2 Å². The predicted octanol–water partition coefficient (Wildman–Crippen LogP) is 4.19. The summed E-state index contributed by atoms with van der Waals surface area (Å²) in [5.74, 6) is 0. The molecule has 3 fully saturated rings. The number of hydrogen-bond donors (Lipinski definition) is 0. The van der Waals surface area contributed by atoms with Gasteiger partial charge in [0.15, 0.2) is 0 Å². The molecule has 140 valence electrons. The first-order chi connectivity index (χ1) is 13.8. The van der Waals surface area contributed by atoms with Crippen LogP contribution in [0.4, 0.5) is 5.13 Å². The van der Waals surface area contributed by atoms with Crippen molar-refractivity contribution in [2.24, 2.45) is 0 Å². The van der Waals surface area contributed by atoms with Crippen LogP contribution in [0.1, 0.15) is 12.8 Å². The summed E-state index contributed by atoms with van der Waals surface area (Å²) in [6, 6.07) is 17.5. The van der Waals surface area contributed by atoms with E-state index in [2.05, 4.69) is 62.5 Å². The van der Waals surface area contributed by atoms with Crippen LogP contribution in [0.5, 0.6) is 0 Å². The highest BCUT2D eigenvalue weighted by Crippen LogP contribution is 2.34. The lowest BCUT2D eigenvalue weighted by molar-refractivity contribution is 0.250. The van der Waals surface area contributed by atoms with E-state index in [1.54, 1.807) is 11.3 Å². The Labute approximate surface area is 167 Å². The molecule has 3 saturated heterocycles. The third kappa shape index (κ3) is 2.75. The van der Waals surface area contributed by atoms with E-state index in [4.69, 9.17) is 4.98 Å². The second-order valence-corrected chi connectivity index (χ2v) is 8.70. The standard InChI is InChI=1S/C22H21N5S/c1-2-4-19-15(3-1)13-16-5-6-17(14-20(16)23-19)21-24-25-22(28-21)27-12-11-26-9-7-18(27)8-10-26/h1-6,13-14,18H,7-12H2. The number of aromatic nitrogens is 3. The molecule has 0 spiro atoms. The molecule has 0 amide bonds. The lowest BCUT2D eigenvalue weighted by atomic mass is 10.1. The van der Waals surface area contributed by atoms with E-state index in [9.17, 15) is 0 Å². The van der Waals surface area contributed by atoms with Crippen molar-refractivity contribution >= 4 is 38.3 Å². The summed E-state index contributed by atoms with van der Waals surface area (Å²) < 4.78 is 0. The first-order valence-electron chi connectivity index (χ1n) is 9.96. The summed E-state index contributed by atoms with van der Waals surface area (Å²) in [7, 11) is 0. The first kappa shape index (κ1) is 16.4. The number of hydrogen-bond acceptors (Lipinski definition) is 6. The Bertz CT molecular complexity index is 1160. The lowest BCUT2D eigenvalue weighted by Gasteiger charge is -2.30. The molecule has 3 aliphatic rings. The number of para-hydroxylation sites is 1. The molecule has 4 aromatic rings. The second kappa shape index (κ2) is 6.50. The second-order valence-electron chi connectivity index (χ2n) is 7.74. The molecule has 7 rings (SSSR count). The molecule has 2 bridgehead atoms. The van der Waals surface area contributed by atoms with Crippen LogP contribution in [0, 0.1) is 0 Å². The van der Waals surface area contributed by atoms with Gasteiger partial charge in [0.25, 0.3) is 0 Å². The molecule has 5 nitrogen and oxygen atoms in total. The van der Waals surface area contributed by atoms with Crippen molar-refractivity contribution in [1.29, 1.82) is 0 Å². The van der Waals surface area contributed by atoms with Crippen molar-refractivity contribution in [2.45, 2.75) is 18.9 Å². The zero-order valence-electron chi connectivity index (χ0n) is 15.6. The molecule has 0 unspecified atom stereocenters. The van der Waals surface area contributed by atoms with Crippen molar-refractivity contribution in [3.63, 3.8) is 0 Å². The molecule has 0 aliphatic carbocycles. The molecule has 0 N–H and O–H groups in total. The van der Waals surface area contributed by atoms with Crippen molar-refractivity contribution < 1.29 is 0 Å². The van der Waals surface area contributed by atoms with Gasteiger partial charge in [-0.25, -0.2) is 4.98 Å². The van der Waals surface area contributed by atoms with E-state index in [0.717, 1.165) is 45.2 Å². The van der Waals surface area contributed by atoms with Gasteiger partial charge in [0.2, 0.25) is 5.13 Å². The number of anilines is 1. The van der Waals surface area contributed by atoms with E-state index >= 15 is 0 Å². The number of fused-ring (bicyclic) bond motifs is 6. The first-order valence-corrected chi connectivity index (χ1v) is 10.8. The van der Waals surface area contributed by atoms with E-state index < -0.39 is 0 Å². The molecule has 6 heteroatoms. The van der Waals surface area contributed by atoms with Crippen molar-refractivity contribution in [1.82, 2.24) is 20.1 Å². The molecule has 28 heavy (non-hydrogen) atoms. The highest BCUT2D eigenvalue weighted by Gasteiger charge is 2.30. The Hall–Kier alpha value is -2.57. The Kier molecular flexibility index (Phi) is 3.80. The molecule has 0 atom stereocenters. The van der Waals surface area contributed by atoms with Gasteiger partial charge < -0.3 is 9.80 Å². The number of rotatable bonds is 2. The van der Waals surface area contributed by atoms with Gasteiger partial charge in [0.1, 0.15) is 5.01 Å². The van der Waals surface area contributed by atoms with Crippen LogP contribution in [-0.2, 0) is 0 Å². The van der Waals surface area contributed by atoms with Crippen LogP contribution in [-0.4, -0.2) is 52.3 Å². The van der Waals surface area contributed by atoms with Crippen molar-refractivity contribution in [3.05, 3.63) is 48.5 Å². The lowest BCUT2D eigenvalue weighted by Crippen LogP contribution is -2.37.